The summed E-state index contributed by atoms with van der Waals surface area (Å²) in [6.07, 6.45) is 4.97. The van der Waals surface area contributed by atoms with Crippen molar-refractivity contribution >= 4 is 34.3 Å². The van der Waals surface area contributed by atoms with Crippen LogP contribution >= 0.6 is 11.8 Å². The van der Waals surface area contributed by atoms with Gasteiger partial charge in [-0.25, -0.2) is 4.98 Å². The Balaban J connectivity index is 2.32. The molecule has 0 unspecified atom stereocenters. The molecule has 8 nitrogen and oxygen atoms in total. The fourth-order valence-corrected chi connectivity index (χ4v) is 3.59. The first-order chi connectivity index (χ1) is 15.0. The van der Waals surface area contributed by atoms with Gasteiger partial charge in [-0.1, -0.05) is 24.8 Å². The molecule has 0 atom stereocenters. The van der Waals surface area contributed by atoms with E-state index in [9.17, 15) is 14.9 Å². The standard InChI is InChI=1S/C22H21N5O3S/c1-4-5-11-31-14-18(28)24-20-16(13-23)12-17-21(26(20)9-10-30-3)25-19-15(2)7-6-8-27(19)22(17)29/h4-8,11-12H,1,9-10,14H2,2-3H3/b11-5-,24-20?. The van der Waals surface area contributed by atoms with Crippen molar-refractivity contribution in [3.05, 3.63) is 75.5 Å². The molecule has 0 aliphatic carbocycles. The van der Waals surface area contributed by atoms with Crippen molar-refractivity contribution in [1.29, 1.82) is 5.26 Å². The molecule has 3 aromatic heterocycles. The highest BCUT2D eigenvalue weighted by atomic mass is 32.2. The first-order valence-corrected chi connectivity index (χ1v) is 10.5. The van der Waals surface area contributed by atoms with E-state index in [0.717, 1.165) is 5.56 Å². The lowest BCUT2D eigenvalue weighted by Crippen LogP contribution is -2.31. The number of fused-ring (bicyclic) bond motifs is 2. The number of aromatic nitrogens is 3. The number of amides is 1. The number of aryl methyl sites for hydroxylation is 1. The zero-order chi connectivity index (χ0) is 22.4. The average Bonchev–Trinajstić information content (AvgIpc) is 2.76. The zero-order valence-corrected chi connectivity index (χ0v) is 18.1. The number of ether oxygens (including phenoxy) is 1. The molecule has 9 heteroatoms. The third-order valence-electron chi connectivity index (χ3n) is 4.49. The van der Waals surface area contributed by atoms with Crippen LogP contribution in [0.5, 0.6) is 0 Å². The highest BCUT2D eigenvalue weighted by molar-refractivity contribution is 8.02. The van der Waals surface area contributed by atoms with Crippen LogP contribution in [0.25, 0.3) is 16.7 Å². The summed E-state index contributed by atoms with van der Waals surface area (Å²) in [5.74, 6) is -0.306. The molecule has 3 rings (SSSR count). The average molecular weight is 436 g/mol. The Bertz CT molecular complexity index is 1360. The summed E-state index contributed by atoms with van der Waals surface area (Å²) in [5.41, 5.74) is 1.66. The van der Waals surface area contributed by atoms with Gasteiger partial charge in [0.1, 0.15) is 17.4 Å². The Hall–Kier alpha value is -3.48. The number of carbonyl (C=O) groups is 1. The number of carbonyl (C=O) groups excluding carboxylic acids is 1. The first kappa shape index (κ1) is 22.2. The maximum absolute atomic E-state index is 13.1. The van der Waals surface area contributed by atoms with Gasteiger partial charge in [0.15, 0.2) is 5.49 Å². The molecule has 0 aliphatic heterocycles. The van der Waals surface area contributed by atoms with Gasteiger partial charge in [0.05, 0.1) is 23.3 Å². The van der Waals surface area contributed by atoms with E-state index in [4.69, 9.17) is 4.74 Å². The van der Waals surface area contributed by atoms with E-state index in [1.165, 1.54) is 22.2 Å². The second kappa shape index (κ2) is 10.0. The molecule has 0 aliphatic rings. The number of nitriles is 1. The minimum absolute atomic E-state index is 0.102. The van der Waals surface area contributed by atoms with Gasteiger partial charge in [-0.05, 0) is 30.0 Å². The predicted octanol–water partition coefficient (Wildman–Crippen LogP) is 2.34. The third kappa shape index (κ3) is 4.66. The van der Waals surface area contributed by atoms with Crippen LogP contribution in [0.2, 0.25) is 0 Å². The second-order valence-corrected chi connectivity index (χ2v) is 7.45. The number of pyridine rings is 2. The number of allylic oxidation sites excluding steroid dienone is 2. The van der Waals surface area contributed by atoms with Gasteiger partial charge in [-0.15, -0.1) is 11.8 Å². The van der Waals surface area contributed by atoms with Crippen LogP contribution in [0, 0.1) is 18.3 Å². The van der Waals surface area contributed by atoms with E-state index in [-0.39, 0.29) is 40.9 Å². The highest BCUT2D eigenvalue weighted by Crippen LogP contribution is 2.13. The van der Waals surface area contributed by atoms with Crippen LogP contribution in [0.4, 0.5) is 0 Å². The van der Waals surface area contributed by atoms with Crippen molar-refractivity contribution in [2.75, 3.05) is 19.5 Å². The third-order valence-corrected chi connectivity index (χ3v) is 5.26. The molecular weight excluding hydrogens is 414 g/mol. The molecule has 0 N–H and O–H groups in total. The molecule has 1 amide bonds. The molecular formula is C22H21N5O3S. The lowest BCUT2D eigenvalue weighted by atomic mass is 10.2. The molecule has 0 spiro atoms. The Morgan fingerprint density at radius 1 is 1.45 bits per heavy atom. The van der Waals surface area contributed by atoms with Crippen LogP contribution in [-0.2, 0) is 16.1 Å². The van der Waals surface area contributed by atoms with Crippen molar-refractivity contribution in [1.82, 2.24) is 14.0 Å². The van der Waals surface area contributed by atoms with Crippen LogP contribution < -0.4 is 11.0 Å². The minimum atomic E-state index is -0.408. The fourth-order valence-electron chi connectivity index (χ4n) is 3.07. The zero-order valence-electron chi connectivity index (χ0n) is 17.2. The number of hydrogen-bond donors (Lipinski definition) is 0. The van der Waals surface area contributed by atoms with E-state index in [1.54, 1.807) is 41.5 Å². The van der Waals surface area contributed by atoms with Crippen molar-refractivity contribution in [3.63, 3.8) is 0 Å². The molecule has 31 heavy (non-hydrogen) atoms. The number of methoxy groups -OCH3 is 1. The molecule has 0 radical (unpaired) electrons. The molecule has 0 saturated carbocycles. The SMILES string of the molecule is C=C/C=C\SCC(=O)N=c1c(C#N)cc2c(=O)n3cccc(C)c3nc2n1CCOC. The Morgan fingerprint density at radius 3 is 2.97 bits per heavy atom. The smallest absolute Gasteiger partial charge is 0.267 e. The second-order valence-electron chi connectivity index (χ2n) is 6.56. The summed E-state index contributed by atoms with van der Waals surface area (Å²) in [6, 6.07) is 7.13. The monoisotopic (exact) mass is 435 g/mol. The van der Waals surface area contributed by atoms with E-state index in [0.29, 0.717) is 11.3 Å². The predicted molar refractivity (Wildman–Crippen MR) is 121 cm³/mol. The number of nitrogens with zero attached hydrogens (tertiary/aromatic N) is 5. The van der Waals surface area contributed by atoms with E-state index in [2.05, 4.69) is 22.6 Å². The number of thioether (sulfide) groups is 1. The van der Waals surface area contributed by atoms with Crippen molar-refractivity contribution in [2.45, 2.75) is 13.5 Å². The molecule has 0 bridgehead atoms. The Labute approximate surface area is 182 Å². The largest absolute Gasteiger partial charge is 0.383 e. The van der Waals surface area contributed by atoms with Gasteiger partial charge in [0.25, 0.3) is 11.5 Å². The van der Waals surface area contributed by atoms with E-state index in [1.807, 2.05) is 13.0 Å². The van der Waals surface area contributed by atoms with Gasteiger partial charge in [0.2, 0.25) is 0 Å². The lowest BCUT2D eigenvalue weighted by Gasteiger charge is -2.13. The summed E-state index contributed by atoms with van der Waals surface area (Å²) in [5, 5.41) is 11.7. The maximum atomic E-state index is 13.1. The molecule has 3 aromatic rings. The van der Waals surface area contributed by atoms with Crippen LogP contribution in [0.1, 0.15) is 11.1 Å². The highest BCUT2D eigenvalue weighted by Gasteiger charge is 2.15. The summed E-state index contributed by atoms with van der Waals surface area (Å²) < 4.78 is 8.25. The van der Waals surface area contributed by atoms with Crippen molar-refractivity contribution in [3.8, 4) is 6.07 Å². The maximum Gasteiger partial charge on any atom is 0.267 e. The topological polar surface area (TPSA) is 102 Å². The Morgan fingerprint density at radius 2 is 2.26 bits per heavy atom. The molecule has 158 valence electrons. The van der Waals surface area contributed by atoms with Gasteiger partial charge >= 0.3 is 0 Å². The van der Waals surface area contributed by atoms with Crippen molar-refractivity contribution < 1.29 is 9.53 Å². The van der Waals surface area contributed by atoms with E-state index < -0.39 is 5.91 Å². The van der Waals surface area contributed by atoms with Gasteiger partial charge in [-0.2, -0.15) is 10.3 Å². The quantitative estimate of drug-likeness (QED) is 0.417. The number of hydrogen-bond acceptors (Lipinski definition) is 6. The summed E-state index contributed by atoms with van der Waals surface area (Å²) in [7, 11) is 1.54. The summed E-state index contributed by atoms with van der Waals surface area (Å²) in [6.45, 7) is 6.00. The Kier molecular flexibility index (Phi) is 7.18. The van der Waals surface area contributed by atoms with Crippen LogP contribution in [-0.4, -0.2) is 39.3 Å². The minimum Gasteiger partial charge on any atom is -0.383 e. The molecule has 0 aromatic carbocycles. The first-order valence-electron chi connectivity index (χ1n) is 9.43. The van der Waals surface area contributed by atoms with E-state index >= 15 is 0 Å². The van der Waals surface area contributed by atoms with Crippen LogP contribution in [0.3, 0.4) is 0 Å². The summed E-state index contributed by atoms with van der Waals surface area (Å²) in [4.78, 5) is 34.4. The molecule has 3 heterocycles. The summed E-state index contributed by atoms with van der Waals surface area (Å²) >= 11 is 1.27. The number of rotatable bonds is 7. The fraction of sp³-hybridized carbons (Fsp3) is 0.227. The van der Waals surface area contributed by atoms with Gasteiger partial charge in [0, 0.05) is 19.9 Å². The molecule has 0 saturated heterocycles. The normalized spacial score (nSPS) is 12.0. The van der Waals surface area contributed by atoms with Gasteiger partial charge < -0.3 is 9.30 Å². The molecule has 0 fully saturated rings. The lowest BCUT2D eigenvalue weighted by molar-refractivity contribution is -0.115. The van der Waals surface area contributed by atoms with Crippen molar-refractivity contribution in [2.24, 2.45) is 4.99 Å². The van der Waals surface area contributed by atoms with Crippen LogP contribution in [0.15, 0.2) is 58.3 Å². The van der Waals surface area contributed by atoms with Gasteiger partial charge in [-0.3, -0.25) is 14.0 Å².